The minimum Gasteiger partial charge on any atom is -0.481 e. The third kappa shape index (κ3) is 1.80. The van der Waals surface area contributed by atoms with E-state index in [9.17, 15) is 4.79 Å². The van der Waals surface area contributed by atoms with Crippen LogP contribution >= 0.6 is 0 Å². The lowest BCUT2D eigenvalue weighted by molar-refractivity contribution is -0.136. The Morgan fingerprint density at radius 3 is 1.55 bits per heavy atom. The molecule has 0 amide bonds. The molecule has 2 nitrogen and oxygen atoms in total. The second kappa shape index (κ2) is 3.19. The van der Waals surface area contributed by atoms with Crippen molar-refractivity contribution in [2.75, 3.05) is 0 Å². The van der Waals surface area contributed by atoms with Gasteiger partial charge in [-0.1, -0.05) is 31.2 Å². The molecule has 0 aromatic rings. The number of hydrogen-bond acceptors (Lipinski definition) is 1. The first kappa shape index (κ1) is 7.79. The molecule has 0 atom stereocenters. The van der Waals surface area contributed by atoms with Gasteiger partial charge in [-0.2, -0.15) is 0 Å². The van der Waals surface area contributed by atoms with E-state index in [-0.39, 0.29) is 6.42 Å². The van der Waals surface area contributed by atoms with Gasteiger partial charge in [-0.25, -0.2) is 0 Å². The third-order valence-corrected chi connectivity index (χ3v) is 1.52. The van der Waals surface area contributed by atoms with Crippen molar-refractivity contribution in [3.63, 3.8) is 0 Å². The molecule has 2 heteroatoms. The minimum absolute atomic E-state index is 0.222. The average Bonchev–Trinajstić information content (AvgIpc) is 1.98. The molecule has 0 aromatic heterocycles. The van der Waals surface area contributed by atoms with Crippen molar-refractivity contribution in [3.05, 3.63) is 24.3 Å². The van der Waals surface area contributed by atoms with E-state index in [4.69, 9.17) is 5.11 Å². The number of benzene rings is 1. The lowest BCUT2D eigenvalue weighted by Gasteiger charge is -2.10. The van der Waals surface area contributed by atoms with Gasteiger partial charge in [-0.15, -0.1) is 0 Å². The second-order valence-electron chi connectivity index (χ2n) is 2.32. The summed E-state index contributed by atoms with van der Waals surface area (Å²) in [6.45, 7) is 1.60. The molecule has 2 aliphatic carbocycles. The largest absolute Gasteiger partial charge is 0.481 e. The van der Waals surface area contributed by atoms with Crippen molar-refractivity contribution < 1.29 is 9.90 Å². The summed E-state index contributed by atoms with van der Waals surface area (Å²) in [7, 11) is 0. The fourth-order valence-corrected chi connectivity index (χ4v) is 0.663. The maximum absolute atomic E-state index is 9.37. The third-order valence-electron chi connectivity index (χ3n) is 1.52. The molecule has 0 saturated carbocycles. The van der Waals surface area contributed by atoms with Crippen molar-refractivity contribution in [2.24, 2.45) is 0 Å². The summed E-state index contributed by atoms with van der Waals surface area (Å²) in [6.07, 6.45) is 0.222. The van der Waals surface area contributed by atoms with Crippen LogP contribution in [0.1, 0.15) is 13.3 Å². The van der Waals surface area contributed by atoms with Crippen molar-refractivity contribution in [1.82, 2.24) is 0 Å². The normalized spacial score (nSPS) is 9.55. The van der Waals surface area contributed by atoms with Crippen LogP contribution in [0.25, 0.3) is 11.1 Å². The molecule has 0 radical (unpaired) electrons. The van der Waals surface area contributed by atoms with Crippen molar-refractivity contribution >= 4 is 5.97 Å². The lowest BCUT2D eigenvalue weighted by atomic mass is 9.95. The predicted molar refractivity (Wildman–Crippen MR) is 43.4 cm³/mol. The molecule has 0 aliphatic heterocycles. The molecule has 1 N–H and O–H groups in total. The standard InChI is InChI=1S/C6H4.C3H6O2/c1-2-6-4-3-5(1)6;1-2-3(4)5/h1-4H;2H2,1H3,(H,4,5). The van der Waals surface area contributed by atoms with Crippen LogP contribution in [0.4, 0.5) is 0 Å². The number of hydrogen-bond donors (Lipinski definition) is 1. The zero-order valence-corrected chi connectivity index (χ0v) is 6.37. The molecule has 11 heavy (non-hydrogen) atoms. The van der Waals surface area contributed by atoms with E-state index in [1.807, 2.05) is 0 Å². The first-order valence-corrected chi connectivity index (χ1v) is 3.56. The summed E-state index contributed by atoms with van der Waals surface area (Å²) < 4.78 is 0. The Balaban J connectivity index is 0.000000114. The van der Waals surface area contributed by atoms with Crippen LogP contribution in [0.15, 0.2) is 24.3 Å². The maximum Gasteiger partial charge on any atom is 0.303 e. The van der Waals surface area contributed by atoms with Gasteiger partial charge in [0.2, 0.25) is 0 Å². The highest BCUT2D eigenvalue weighted by atomic mass is 16.4. The highest BCUT2D eigenvalue weighted by Crippen LogP contribution is 2.29. The molecule has 0 bridgehead atoms. The topological polar surface area (TPSA) is 37.3 Å². The van der Waals surface area contributed by atoms with Gasteiger partial charge in [0, 0.05) is 6.42 Å². The molecule has 0 saturated heterocycles. The van der Waals surface area contributed by atoms with E-state index in [0.717, 1.165) is 0 Å². The summed E-state index contributed by atoms with van der Waals surface area (Å²) in [5, 5.41) is 7.72. The minimum atomic E-state index is -0.745. The van der Waals surface area contributed by atoms with Crippen molar-refractivity contribution in [2.45, 2.75) is 13.3 Å². The zero-order chi connectivity index (χ0) is 8.27. The number of carboxylic acid groups (broad SMARTS) is 1. The lowest BCUT2D eigenvalue weighted by Crippen LogP contribution is -1.86. The monoisotopic (exact) mass is 150 g/mol. The zero-order valence-electron chi connectivity index (χ0n) is 6.37. The van der Waals surface area contributed by atoms with Gasteiger partial charge in [-0.05, 0) is 11.1 Å². The summed E-state index contributed by atoms with van der Waals surface area (Å²) in [6, 6.07) is 8.48. The van der Waals surface area contributed by atoms with Gasteiger partial charge in [-0.3, -0.25) is 4.79 Å². The van der Waals surface area contributed by atoms with Gasteiger partial charge in [0.25, 0.3) is 0 Å². The van der Waals surface area contributed by atoms with E-state index in [2.05, 4.69) is 24.3 Å². The van der Waals surface area contributed by atoms with Crippen molar-refractivity contribution in [3.8, 4) is 11.1 Å². The van der Waals surface area contributed by atoms with Gasteiger partial charge in [0.15, 0.2) is 0 Å². The Labute approximate surface area is 65.5 Å². The number of aliphatic carboxylic acids is 1. The van der Waals surface area contributed by atoms with E-state index in [1.165, 1.54) is 11.1 Å². The number of rotatable bonds is 1. The smallest absolute Gasteiger partial charge is 0.303 e. The van der Waals surface area contributed by atoms with Gasteiger partial charge < -0.3 is 5.11 Å². The Bertz CT molecular complexity index is 228. The molecule has 2 rings (SSSR count). The maximum atomic E-state index is 9.37. The molecule has 0 fully saturated rings. The molecular formula is C9H10O2. The summed E-state index contributed by atoms with van der Waals surface area (Å²) in [4.78, 5) is 9.37. The predicted octanol–water partition coefficient (Wildman–Crippen LogP) is 2.15. The fourth-order valence-electron chi connectivity index (χ4n) is 0.663. The van der Waals surface area contributed by atoms with Crippen LogP contribution in [0.5, 0.6) is 0 Å². The number of fused-ring (bicyclic) bond motifs is 1. The Kier molecular flexibility index (Phi) is 2.26. The first-order valence-electron chi connectivity index (χ1n) is 3.56. The molecule has 0 unspecified atom stereocenters. The van der Waals surface area contributed by atoms with E-state index in [0.29, 0.717) is 0 Å². The van der Waals surface area contributed by atoms with Gasteiger partial charge in [0.05, 0.1) is 0 Å². The summed E-state index contributed by atoms with van der Waals surface area (Å²) in [5.41, 5.74) is 2.85. The summed E-state index contributed by atoms with van der Waals surface area (Å²) in [5.74, 6) is -0.745. The van der Waals surface area contributed by atoms with Crippen LogP contribution < -0.4 is 0 Å². The molecule has 0 spiro atoms. The van der Waals surface area contributed by atoms with E-state index in [1.54, 1.807) is 6.92 Å². The first-order chi connectivity index (χ1) is 5.24. The molecule has 58 valence electrons. The van der Waals surface area contributed by atoms with E-state index < -0.39 is 5.97 Å². The number of carbonyl (C=O) groups is 1. The van der Waals surface area contributed by atoms with Gasteiger partial charge in [0.1, 0.15) is 0 Å². The SMILES string of the molecule is CCC(=O)O.c1cc2ccc1-2. The highest BCUT2D eigenvalue weighted by Gasteiger charge is 2.03. The van der Waals surface area contributed by atoms with Crippen LogP contribution in [0, 0.1) is 0 Å². The van der Waals surface area contributed by atoms with Crippen LogP contribution in [-0.2, 0) is 4.79 Å². The molecular weight excluding hydrogens is 140 g/mol. The van der Waals surface area contributed by atoms with Crippen LogP contribution in [-0.4, -0.2) is 11.1 Å². The average molecular weight is 150 g/mol. The second-order valence-corrected chi connectivity index (χ2v) is 2.32. The Hall–Kier alpha value is -1.31. The molecule has 0 heterocycles. The number of carboxylic acids is 1. The fraction of sp³-hybridized carbons (Fsp3) is 0.222. The Morgan fingerprint density at radius 1 is 1.27 bits per heavy atom. The van der Waals surface area contributed by atoms with Gasteiger partial charge >= 0.3 is 5.97 Å². The highest BCUT2D eigenvalue weighted by molar-refractivity contribution is 5.75. The summed E-state index contributed by atoms with van der Waals surface area (Å²) >= 11 is 0. The van der Waals surface area contributed by atoms with E-state index >= 15 is 0 Å². The molecule has 2 aliphatic rings. The Morgan fingerprint density at radius 2 is 1.55 bits per heavy atom. The van der Waals surface area contributed by atoms with Crippen LogP contribution in [0.2, 0.25) is 0 Å². The molecule has 0 aromatic carbocycles. The quantitative estimate of drug-likeness (QED) is 0.676. The van der Waals surface area contributed by atoms with Crippen LogP contribution in [0.3, 0.4) is 0 Å². The van der Waals surface area contributed by atoms with Crippen molar-refractivity contribution in [1.29, 1.82) is 0 Å².